The number of aryl methyl sites for hydroxylation is 1. The summed E-state index contributed by atoms with van der Waals surface area (Å²) >= 11 is 0. The van der Waals surface area contributed by atoms with E-state index in [0.717, 1.165) is 56.9 Å². The van der Waals surface area contributed by atoms with E-state index >= 15 is 0 Å². The number of ether oxygens (including phenoxy) is 2. The Morgan fingerprint density at radius 1 is 1.19 bits per heavy atom. The van der Waals surface area contributed by atoms with Crippen LogP contribution in [-0.4, -0.2) is 58.0 Å². The van der Waals surface area contributed by atoms with Crippen molar-refractivity contribution in [1.29, 1.82) is 0 Å². The second-order valence-electron chi connectivity index (χ2n) is 8.76. The molecular weight excluding hydrogens is 426 g/mol. The highest BCUT2D eigenvalue weighted by Gasteiger charge is 2.23. The minimum Gasteiger partial charge on any atom is -0.496 e. The summed E-state index contributed by atoms with van der Waals surface area (Å²) in [5.74, 6) is 2.77. The summed E-state index contributed by atoms with van der Waals surface area (Å²) in [5.41, 5.74) is 5.74. The smallest absolute Gasteiger partial charge is 0.261 e. The van der Waals surface area contributed by atoms with E-state index in [1.807, 2.05) is 0 Å². The molecule has 0 radical (unpaired) electrons. The number of hydrogen-bond acceptors (Lipinski definition) is 5. The zero-order valence-electron chi connectivity index (χ0n) is 19.3. The summed E-state index contributed by atoms with van der Waals surface area (Å²) in [6.45, 7) is 3.08. The SMILES string of the molecule is COc1cccc2c1CCC[C@H]2CN(C)CCc1ccc2c(c1)CCCO2.CS(=O)(=O)O. The van der Waals surface area contributed by atoms with Gasteiger partial charge < -0.3 is 14.4 Å². The Hall–Kier alpha value is -2.09. The van der Waals surface area contributed by atoms with Crippen molar-refractivity contribution >= 4 is 10.1 Å². The molecule has 0 unspecified atom stereocenters. The number of rotatable bonds is 6. The molecule has 176 valence electrons. The first-order chi connectivity index (χ1) is 15.2. The van der Waals surface area contributed by atoms with E-state index in [-0.39, 0.29) is 0 Å². The molecule has 0 amide bonds. The maximum atomic E-state index is 9.19. The molecule has 2 aromatic carbocycles. The number of nitrogens with zero attached hydrogens (tertiary/aromatic N) is 1. The minimum atomic E-state index is -3.67. The van der Waals surface area contributed by atoms with Gasteiger partial charge in [-0.2, -0.15) is 8.42 Å². The van der Waals surface area contributed by atoms with Gasteiger partial charge in [0.15, 0.2) is 0 Å². The molecular formula is C25H35NO5S. The Morgan fingerprint density at radius 2 is 1.97 bits per heavy atom. The van der Waals surface area contributed by atoms with Crippen LogP contribution in [0.25, 0.3) is 0 Å². The molecule has 1 aliphatic heterocycles. The topological polar surface area (TPSA) is 76.1 Å². The fourth-order valence-electron chi connectivity index (χ4n) is 4.65. The van der Waals surface area contributed by atoms with Gasteiger partial charge >= 0.3 is 0 Å². The third-order valence-corrected chi connectivity index (χ3v) is 6.10. The van der Waals surface area contributed by atoms with E-state index in [2.05, 4.69) is 48.3 Å². The standard InChI is InChI=1S/C24H31NO2.CH4O3S/c1-25(14-13-18-11-12-23-19(16-18)7-5-15-27-23)17-20-6-3-9-22-21(20)8-4-10-24(22)26-2;1-5(2,3)4/h4,8,10-12,16,20H,3,5-7,9,13-15,17H2,1-2H3;1H3,(H,2,3,4)/t20-;/m0./s1. The van der Waals surface area contributed by atoms with Crippen molar-refractivity contribution in [3.8, 4) is 11.5 Å². The molecule has 32 heavy (non-hydrogen) atoms. The van der Waals surface area contributed by atoms with Crippen LogP contribution in [0.5, 0.6) is 11.5 Å². The van der Waals surface area contributed by atoms with Crippen molar-refractivity contribution in [3.63, 3.8) is 0 Å². The molecule has 2 aromatic rings. The number of hydrogen-bond donors (Lipinski definition) is 1. The lowest BCUT2D eigenvalue weighted by molar-refractivity contribution is 0.287. The second kappa shape index (κ2) is 11.2. The molecule has 0 spiro atoms. The lowest BCUT2D eigenvalue weighted by Crippen LogP contribution is -2.28. The van der Waals surface area contributed by atoms with Gasteiger partial charge in [-0.05, 0) is 85.9 Å². The van der Waals surface area contributed by atoms with Crippen molar-refractivity contribution < 1.29 is 22.4 Å². The van der Waals surface area contributed by atoms with E-state index in [9.17, 15) is 8.42 Å². The summed E-state index contributed by atoms with van der Waals surface area (Å²) < 4.78 is 37.2. The van der Waals surface area contributed by atoms with E-state index in [4.69, 9.17) is 14.0 Å². The molecule has 1 heterocycles. The minimum absolute atomic E-state index is 0.616. The van der Waals surface area contributed by atoms with Gasteiger partial charge in [0.05, 0.1) is 20.0 Å². The Balaban J connectivity index is 0.000000523. The molecule has 0 saturated carbocycles. The van der Waals surface area contributed by atoms with Crippen LogP contribution in [0.4, 0.5) is 0 Å². The van der Waals surface area contributed by atoms with Crippen molar-refractivity contribution in [2.24, 2.45) is 0 Å². The molecule has 1 N–H and O–H groups in total. The molecule has 0 bridgehead atoms. The Labute approximate surface area is 192 Å². The molecule has 1 atom stereocenters. The van der Waals surface area contributed by atoms with E-state index in [0.29, 0.717) is 12.2 Å². The van der Waals surface area contributed by atoms with Crippen LogP contribution in [0.2, 0.25) is 0 Å². The maximum absolute atomic E-state index is 9.19. The largest absolute Gasteiger partial charge is 0.496 e. The summed E-state index contributed by atoms with van der Waals surface area (Å²) in [6.07, 6.45) is 7.79. The Morgan fingerprint density at radius 3 is 2.72 bits per heavy atom. The number of likely N-dealkylation sites (N-methyl/N-ethyl adjacent to an activating group) is 1. The van der Waals surface area contributed by atoms with Gasteiger partial charge in [0.2, 0.25) is 0 Å². The van der Waals surface area contributed by atoms with Crippen LogP contribution in [-0.2, 0) is 29.4 Å². The average molecular weight is 462 g/mol. The summed E-state index contributed by atoms with van der Waals surface area (Å²) in [5, 5.41) is 0. The second-order valence-corrected chi connectivity index (χ2v) is 10.2. The zero-order chi connectivity index (χ0) is 23.1. The molecule has 0 aromatic heterocycles. The number of methoxy groups -OCH3 is 1. The molecule has 7 heteroatoms. The average Bonchev–Trinajstić information content (AvgIpc) is 2.76. The third-order valence-electron chi connectivity index (χ3n) is 6.10. The first-order valence-corrected chi connectivity index (χ1v) is 13.1. The van der Waals surface area contributed by atoms with Gasteiger partial charge in [-0.3, -0.25) is 4.55 Å². The fraction of sp³-hybridized carbons (Fsp3) is 0.520. The van der Waals surface area contributed by atoms with Gasteiger partial charge in [0, 0.05) is 13.1 Å². The highest BCUT2D eigenvalue weighted by atomic mass is 32.2. The number of benzene rings is 2. The Kier molecular flexibility index (Phi) is 8.57. The first-order valence-electron chi connectivity index (χ1n) is 11.3. The lowest BCUT2D eigenvalue weighted by atomic mass is 9.82. The molecule has 0 fully saturated rings. The van der Waals surface area contributed by atoms with E-state index < -0.39 is 10.1 Å². The van der Waals surface area contributed by atoms with Crippen molar-refractivity contribution in [2.75, 3.05) is 40.1 Å². The third kappa shape index (κ3) is 7.22. The van der Waals surface area contributed by atoms with Crippen molar-refractivity contribution in [2.45, 2.75) is 44.4 Å². The van der Waals surface area contributed by atoms with Gasteiger partial charge in [0.1, 0.15) is 11.5 Å². The summed E-state index contributed by atoms with van der Waals surface area (Å²) in [7, 11) is 0.380. The normalized spacial score (nSPS) is 17.5. The van der Waals surface area contributed by atoms with Gasteiger partial charge in [0.25, 0.3) is 10.1 Å². The van der Waals surface area contributed by atoms with Crippen LogP contribution >= 0.6 is 0 Å². The van der Waals surface area contributed by atoms with Gasteiger partial charge in [-0.15, -0.1) is 0 Å². The number of fused-ring (bicyclic) bond motifs is 2. The summed E-state index contributed by atoms with van der Waals surface area (Å²) in [6, 6.07) is 13.3. The predicted molar refractivity (Wildman–Crippen MR) is 128 cm³/mol. The first kappa shape index (κ1) is 24.6. The van der Waals surface area contributed by atoms with Crippen LogP contribution in [0.3, 0.4) is 0 Å². The molecule has 4 rings (SSSR count). The molecule has 6 nitrogen and oxygen atoms in total. The van der Waals surface area contributed by atoms with Crippen LogP contribution in [0, 0.1) is 0 Å². The summed E-state index contributed by atoms with van der Waals surface area (Å²) in [4.78, 5) is 2.50. The van der Waals surface area contributed by atoms with Gasteiger partial charge in [-0.25, -0.2) is 0 Å². The van der Waals surface area contributed by atoms with Crippen molar-refractivity contribution in [3.05, 3.63) is 58.7 Å². The molecule has 2 aliphatic rings. The van der Waals surface area contributed by atoms with Crippen molar-refractivity contribution in [1.82, 2.24) is 4.90 Å². The van der Waals surface area contributed by atoms with E-state index in [1.54, 1.807) is 7.11 Å². The van der Waals surface area contributed by atoms with Crippen LogP contribution in [0.1, 0.15) is 47.4 Å². The van der Waals surface area contributed by atoms with Crippen LogP contribution in [0.15, 0.2) is 36.4 Å². The lowest BCUT2D eigenvalue weighted by Gasteiger charge is -2.30. The quantitative estimate of drug-likeness (QED) is 0.652. The van der Waals surface area contributed by atoms with Crippen LogP contribution < -0.4 is 9.47 Å². The monoisotopic (exact) mass is 461 g/mol. The molecule has 0 saturated heterocycles. The van der Waals surface area contributed by atoms with E-state index in [1.165, 1.54) is 35.1 Å². The Bertz CT molecular complexity index is 997. The van der Waals surface area contributed by atoms with Gasteiger partial charge in [-0.1, -0.05) is 24.3 Å². The highest BCUT2D eigenvalue weighted by molar-refractivity contribution is 7.85. The molecule has 1 aliphatic carbocycles. The predicted octanol–water partition coefficient (Wildman–Crippen LogP) is 4.12. The maximum Gasteiger partial charge on any atom is 0.261 e. The fourth-order valence-corrected chi connectivity index (χ4v) is 4.65. The highest BCUT2D eigenvalue weighted by Crippen LogP contribution is 2.37. The zero-order valence-corrected chi connectivity index (χ0v) is 20.2.